The molecule has 0 aliphatic heterocycles. The molecule has 0 heterocycles. The summed E-state index contributed by atoms with van der Waals surface area (Å²) in [4.78, 5) is 0. The van der Waals surface area contributed by atoms with Crippen LogP contribution in [0.4, 0.5) is 35.1 Å². The van der Waals surface area contributed by atoms with Crippen LogP contribution in [-0.2, 0) is 25.9 Å². The van der Waals surface area contributed by atoms with Gasteiger partial charge in [-0.2, -0.15) is 8.78 Å². The molecule has 388 valence electrons. The van der Waals surface area contributed by atoms with Gasteiger partial charge in [0.15, 0.2) is 46.4 Å². The molecule has 2 saturated carbocycles. The molecule has 2 fully saturated rings. The molecule has 6 aromatic rings. The Balaban J connectivity index is 0.000000178. The molecule has 0 saturated heterocycles. The molecular weight excluding hydrogens is 929 g/mol. The molecule has 6 aromatic carbocycles. The lowest BCUT2D eigenvalue weighted by Gasteiger charge is -2.26. The van der Waals surface area contributed by atoms with Crippen LogP contribution in [0.3, 0.4) is 0 Å². The Labute approximate surface area is 423 Å². The fraction of sp³-hybridized carbons (Fsp3) is 0.419. The van der Waals surface area contributed by atoms with Crippen molar-refractivity contribution in [2.24, 2.45) is 23.7 Å². The average Bonchev–Trinajstić information content (AvgIpc) is 3.37. The summed E-state index contributed by atoms with van der Waals surface area (Å²) in [6, 6.07) is 28.5. The summed E-state index contributed by atoms with van der Waals surface area (Å²) >= 11 is 0. The Hall–Kier alpha value is -5.64. The van der Waals surface area contributed by atoms with Crippen molar-refractivity contribution in [3.63, 3.8) is 0 Å². The normalized spacial score (nSPS) is 17.3. The third-order valence-corrected chi connectivity index (χ3v) is 14.1. The van der Waals surface area contributed by atoms with Gasteiger partial charge in [0.05, 0.1) is 6.61 Å². The predicted octanol–water partition coefficient (Wildman–Crippen LogP) is 18.0. The highest BCUT2D eigenvalue weighted by molar-refractivity contribution is 5.32. The number of benzene rings is 6. The van der Waals surface area contributed by atoms with Gasteiger partial charge in [-0.25, -0.2) is 26.3 Å². The van der Waals surface area contributed by atoms with Crippen molar-refractivity contribution in [1.29, 1.82) is 0 Å². The molecule has 2 aliphatic carbocycles. The van der Waals surface area contributed by atoms with Crippen molar-refractivity contribution in [3.05, 3.63) is 199 Å². The zero-order valence-electron chi connectivity index (χ0n) is 43.3. The van der Waals surface area contributed by atoms with E-state index in [2.05, 4.69) is 13.8 Å². The highest BCUT2D eigenvalue weighted by Crippen LogP contribution is 2.33. The summed E-state index contributed by atoms with van der Waals surface area (Å²) in [5.74, 6) is -3.40. The quantitative estimate of drug-likeness (QED) is 0.114. The second-order valence-electron chi connectivity index (χ2n) is 20.2. The van der Waals surface area contributed by atoms with Crippen molar-refractivity contribution in [3.8, 4) is 11.5 Å². The molecule has 0 spiro atoms. The minimum absolute atomic E-state index is 0.0386. The maximum Gasteiger partial charge on any atom is 0.200 e. The highest BCUT2D eigenvalue weighted by Gasteiger charge is 2.22. The molecule has 8 rings (SSSR count). The predicted molar refractivity (Wildman–Crippen MR) is 275 cm³/mol. The van der Waals surface area contributed by atoms with Crippen molar-refractivity contribution < 1.29 is 44.6 Å². The molecule has 2 nitrogen and oxygen atoms in total. The van der Waals surface area contributed by atoms with Crippen LogP contribution in [0, 0.1) is 112 Å². The summed E-state index contributed by atoms with van der Waals surface area (Å²) < 4.78 is 119. The van der Waals surface area contributed by atoms with E-state index < -0.39 is 46.5 Å². The van der Waals surface area contributed by atoms with Crippen LogP contribution >= 0.6 is 0 Å². The molecule has 0 atom stereocenters. The van der Waals surface area contributed by atoms with E-state index in [9.17, 15) is 35.1 Å². The maximum absolute atomic E-state index is 13.7. The second-order valence-corrected chi connectivity index (χ2v) is 20.2. The molecule has 0 N–H and O–H groups in total. The van der Waals surface area contributed by atoms with E-state index in [-0.39, 0.29) is 23.7 Å². The van der Waals surface area contributed by atoms with Crippen LogP contribution in [0.25, 0.3) is 0 Å². The molecule has 10 heteroatoms. The highest BCUT2D eigenvalue weighted by atomic mass is 19.2. The Bertz CT molecular complexity index is 2450. The molecule has 0 radical (unpaired) electrons. The molecule has 0 aromatic heterocycles. The maximum atomic E-state index is 13.7. The topological polar surface area (TPSA) is 18.5 Å². The van der Waals surface area contributed by atoms with Crippen molar-refractivity contribution >= 4 is 0 Å². The minimum Gasteiger partial charge on any atom is -0.490 e. The van der Waals surface area contributed by atoms with Crippen LogP contribution in [0.5, 0.6) is 11.5 Å². The van der Waals surface area contributed by atoms with Crippen LogP contribution < -0.4 is 9.47 Å². The van der Waals surface area contributed by atoms with Crippen molar-refractivity contribution in [1.82, 2.24) is 0 Å². The van der Waals surface area contributed by atoms with E-state index in [0.717, 1.165) is 54.2 Å². The first-order chi connectivity index (χ1) is 34.3. The third kappa shape index (κ3) is 17.3. The Kier molecular flexibility index (Phi) is 22.3. The minimum atomic E-state index is -0.929. The SMILES string of the molecule is Cc1ccc(CCC2CCC(C)CC2)c(F)c1F.Cc1ccc(CCc2ccc(C)c(F)c2F)cc1.Cc1ccc(COc2ccc(C)c(F)c2F)cc1.Cc1ccc(OCC2CCC(C)CC2)c(F)c1F. The van der Waals surface area contributed by atoms with Crippen LogP contribution in [0.2, 0.25) is 0 Å². The number of ether oxygens (including phenoxy) is 2. The lowest BCUT2D eigenvalue weighted by molar-refractivity contribution is 0.182. The van der Waals surface area contributed by atoms with Gasteiger partial charge in [0, 0.05) is 0 Å². The largest absolute Gasteiger partial charge is 0.490 e. The molecule has 2 aliphatic rings. The van der Waals surface area contributed by atoms with Gasteiger partial charge in [0.1, 0.15) is 6.61 Å². The number of aryl methyl sites for hydroxylation is 9. The van der Waals surface area contributed by atoms with E-state index in [4.69, 9.17) is 9.47 Å². The summed E-state index contributed by atoms with van der Waals surface area (Å²) in [5.41, 5.74) is 6.71. The monoisotopic (exact) mass is 1000 g/mol. The molecule has 72 heavy (non-hydrogen) atoms. The fourth-order valence-electron chi connectivity index (χ4n) is 8.80. The van der Waals surface area contributed by atoms with Gasteiger partial charge in [-0.05, 0) is 160 Å². The number of hydrogen-bond donors (Lipinski definition) is 0. The van der Waals surface area contributed by atoms with Crippen LogP contribution in [0.15, 0.2) is 97.1 Å². The summed E-state index contributed by atoms with van der Waals surface area (Å²) in [7, 11) is 0. The first-order valence-electron chi connectivity index (χ1n) is 25.4. The Morgan fingerprint density at radius 1 is 0.361 bits per heavy atom. The molecule has 0 bridgehead atoms. The second kappa shape index (κ2) is 28.0. The van der Waals surface area contributed by atoms with Gasteiger partial charge >= 0.3 is 0 Å². The van der Waals surface area contributed by atoms with Gasteiger partial charge in [-0.15, -0.1) is 0 Å². The van der Waals surface area contributed by atoms with Gasteiger partial charge < -0.3 is 9.47 Å². The number of halogens is 8. The van der Waals surface area contributed by atoms with E-state index in [1.807, 2.05) is 62.4 Å². The fourth-order valence-corrected chi connectivity index (χ4v) is 8.80. The zero-order valence-corrected chi connectivity index (χ0v) is 43.3. The third-order valence-electron chi connectivity index (χ3n) is 14.1. The van der Waals surface area contributed by atoms with Gasteiger partial charge in [-0.3, -0.25) is 0 Å². The lowest BCUT2D eigenvalue weighted by Crippen LogP contribution is -2.19. The number of rotatable bonds is 12. The standard InChI is InChI=1S/C16H22F2.C16H16F2.C15H20F2O.C15H14F2O/c2*1-11-3-6-13(7-4-11)8-10-14-9-5-12(2)15(17)16(14)18;2*1-10-3-6-12(7-4-10)9-18-13-8-5-11(2)14(16)15(13)17/h5,9,11,13H,3-4,6-8,10H2,1-2H3;3-7,9H,8,10H2,1-2H3;5,8,10,12H,3-4,6-7,9H2,1-2H3;3-8H,9H2,1-2H3. The summed E-state index contributed by atoms with van der Waals surface area (Å²) in [6.45, 7) is 15.5. The molecule has 0 unspecified atom stereocenters. The van der Waals surface area contributed by atoms with Crippen molar-refractivity contribution in [2.45, 2.75) is 139 Å². The van der Waals surface area contributed by atoms with Crippen LogP contribution in [-0.4, -0.2) is 6.61 Å². The van der Waals surface area contributed by atoms with E-state index in [1.54, 1.807) is 51.1 Å². The Morgan fingerprint density at radius 2 is 0.736 bits per heavy atom. The lowest BCUT2D eigenvalue weighted by atomic mass is 9.80. The van der Waals surface area contributed by atoms with Gasteiger partial charge in [0.25, 0.3) is 0 Å². The van der Waals surface area contributed by atoms with Gasteiger partial charge in [0.2, 0.25) is 11.6 Å². The molecular formula is C62H72F8O2. The Morgan fingerprint density at radius 3 is 1.19 bits per heavy atom. The van der Waals surface area contributed by atoms with Crippen molar-refractivity contribution in [2.75, 3.05) is 6.61 Å². The number of hydrogen-bond acceptors (Lipinski definition) is 2. The van der Waals surface area contributed by atoms with Crippen LogP contribution in [0.1, 0.15) is 127 Å². The first-order valence-corrected chi connectivity index (χ1v) is 25.4. The summed E-state index contributed by atoms with van der Waals surface area (Å²) in [5, 5.41) is 0. The van der Waals surface area contributed by atoms with E-state index in [1.165, 1.54) is 69.2 Å². The van der Waals surface area contributed by atoms with E-state index >= 15 is 0 Å². The van der Waals surface area contributed by atoms with E-state index in [0.29, 0.717) is 59.1 Å². The zero-order chi connectivity index (χ0) is 52.5. The average molecular weight is 1000 g/mol. The smallest absolute Gasteiger partial charge is 0.200 e. The van der Waals surface area contributed by atoms with Gasteiger partial charge in [-0.1, -0.05) is 148 Å². The first kappa shape index (κ1) is 57.3. The summed E-state index contributed by atoms with van der Waals surface area (Å²) in [6.07, 6.45) is 12.6. The molecule has 0 amide bonds.